The van der Waals surface area contributed by atoms with Crippen molar-refractivity contribution >= 4 is 10.9 Å². The molecule has 0 radical (unpaired) electrons. The highest BCUT2D eigenvalue weighted by Crippen LogP contribution is 2.24. The first kappa shape index (κ1) is 14.1. The van der Waals surface area contributed by atoms with Gasteiger partial charge in [-0.3, -0.25) is 0 Å². The zero-order valence-electron chi connectivity index (χ0n) is 12.8. The largest absolute Gasteiger partial charge is 0.346 e. The first-order valence-corrected chi connectivity index (χ1v) is 7.32. The summed E-state index contributed by atoms with van der Waals surface area (Å²) >= 11 is 0. The first-order chi connectivity index (χ1) is 9.06. The predicted octanol–water partition coefficient (Wildman–Crippen LogP) is 4.01. The van der Waals surface area contributed by atoms with Crippen molar-refractivity contribution in [1.82, 2.24) is 9.88 Å². The highest BCUT2D eigenvalue weighted by Gasteiger charge is 2.14. The molecule has 0 amide bonds. The number of hydrogen-bond donors (Lipinski definition) is 1. The number of aromatic nitrogens is 1. The number of fused-ring (bicyclic) bond motifs is 1. The smallest absolute Gasteiger partial charge is 0.0483 e. The molecule has 0 aliphatic heterocycles. The van der Waals surface area contributed by atoms with Crippen molar-refractivity contribution in [3.05, 3.63) is 35.5 Å². The van der Waals surface area contributed by atoms with Crippen LogP contribution < -0.4 is 5.32 Å². The Morgan fingerprint density at radius 2 is 1.89 bits per heavy atom. The molecule has 2 rings (SSSR count). The second kappa shape index (κ2) is 5.79. The third-order valence-corrected chi connectivity index (χ3v) is 4.60. The molecule has 1 aromatic carbocycles. The molecule has 2 unspecified atom stereocenters. The molecule has 1 aromatic heterocycles. The fourth-order valence-corrected chi connectivity index (χ4v) is 2.70. The van der Waals surface area contributed by atoms with Crippen LogP contribution in [0.5, 0.6) is 0 Å². The summed E-state index contributed by atoms with van der Waals surface area (Å²) in [6.07, 6.45) is 1.22. The SMILES string of the molecule is CCC(C)C(C)NCc1c(C)c2ccccc2n1C. The van der Waals surface area contributed by atoms with E-state index in [0.29, 0.717) is 6.04 Å². The summed E-state index contributed by atoms with van der Waals surface area (Å²) in [6, 6.07) is 9.20. The lowest BCUT2D eigenvalue weighted by Gasteiger charge is -2.20. The lowest BCUT2D eigenvalue weighted by Crippen LogP contribution is -2.32. The highest BCUT2D eigenvalue weighted by atomic mass is 15.0. The number of benzene rings is 1. The summed E-state index contributed by atoms with van der Waals surface area (Å²) < 4.78 is 2.32. The third-order valence-electron chi connectivity index (χ3n) is 4.60. The molecule has 1 heterocycles. The average molecular weight is 258 g/mol. The minimum atomic E-state index is 0.558. The summed E-state index contributed by atoms with van der Waals surface area (Å²) in [4.78, 5) is 0. The fraction of sp³-hybridized carbons (Fsp3) is 0.529. The quantitative estimate of drug-likeness (QED) is 0.857. The summed E-state index contributed by atoms with van der Waals surface area (Å²) in [5, 5.41) is 5.04. The van der Waals surface area contributed by atoms with Crippen LogP contribution in [0.3, 0.4) is 0 Å². The first-order valence-electron chi connectivity index (χ1n) is 7.32. The van der Waals surface area contributed by atoms with Crippen molar-refractivity contribution in [3.63, 3.8) is 0 Å². The van der Waals surface area contributed by atoms with E-state index < -0.39 is 0 Å². The van der Waals surface area contributed by atoms with Gasteiger partial charge in [0, 0.05) is 36.2 Å². The molecular formula is C17H26N2. The van der Waals surface area contributed by atoms with Gasteiger partial charge in [-0.2, -0.15) is 0 Å². The summed E-state index contributed by atoms with van der Waals surface area (Å²) in [7, 11) is 2.17. The van der Waals surface area contributed by atoms with Gasteiger partial charge in [0.05, 0.1) is 0 Å². The van der Waals surface area contributed by atoms with Gasteiger partial charge in [-0.15, -0.1) is 0 Å². The normalized spacial score (nSPS) is 14.8. The molecule has 2 heteroatoms. The molecule has 0 aliphatic carbocycles. The van der Waals surface area contributed by atoms with Gasteiger partial charge < -0.3 is 9.88 Å². The Labute approximate surface area is 116 Å². The van der Waals surface area contributed by atoms with Crippen LogP contribution in [-0.2, 0) is 13.6 Å². The predicted molar refractivity (Wildman–Crippen MR) is 83.4 cm³/mol. The number of nitrogens with zero attached hydrogens (tertiary/aromatic N) is 1. The van der Waals surface area contributed by atoms with Crippen molar-refractivity contribution in [2.24, 2.45) is 13.0 Å². The van der Waals surface area contributed by atoms with Crippen molar-refractivity contribution in [2.45, 2.75) is 46.7 Å². The standard InChI is InChI=1S/C17H26N2/c1-6-12(2)14(4)18-11-17-13(3)15-9-7-8-10-16(15)19(17)5/h7-10,12,14,18H,6,11H2,1-5H3. The van der Waals surface area contributed by atoms with E-state index in [1.807, 2.05) is 0 Å². The lowest BCUT2D eigenvalue weighted by atomic mass is 10.0. The van der Waals surface area contributed by atoms with Crippen LogP contribution in [0.4, 0.5) is 0 Å². The highest BCUT2D eigenvalue weighted by molar-refractivity contribution is 5.85. The molecule has 0 spiro atoms. The van der Waals surface area contributed by atoms with Crippen molar-refractivity contribution in [3.8, 4) is 0 Å². The van der Waals surface area contributed by atoms with E-state index in [0.717, 1.165) is 12.5 Å². The van der Waals surface area contributed by atoms with Crippen molar-refractivity contribution in [1.29, 1.82) is 0 Å². The van der Waals surface area contributed by atoms with E-state index >= 15 is 0 Å². The van der Waals surface area contributed by atoms with E-state index in [9.17, 15) is 0 Å². The fourth-order valence-electron chi connectivity index (χ4n) is 2.70. The van der Waals surface area contributed by atoms with Crippen LogP contribution in [0.2, 0.25) is 0 Å². The molecule has 0 saturated heterocycles. The minimum Gasteiger partial charge on any atom is -0.346 e. The Kier molecular flexibility index (Phi) is 4.31. The van der Waals surface area contributed by atoms with Crippen LogP contribution in [0, 0.1) is 12.8 Å². The zero-order chi connectivity index (χ0) is 14.0. The van der Waals surface area contributed by atoms with Gasteiger partial charge in [0.25, 0.3) is 0 Å². The Hall–Kier alpha value is -1.28. The van der Waals surface area contributed by atoms with E-state index in [1.54, 1.807) is 0 Å². The maximum Gasteiger partial charge on any atom is 0.0483 e. The number of rotatable bonds is 5. The molecule has 2 atom stereocenters. The minimum absolute atomic E-state index is 0.558. The topological polar surface area (TPSA) is 17.0 Å². The van der Waals surface area contributed by atoms with E-state index in [-0.39, 0.29) is 0 Å². The van der Waals surface area contributed by atoms with Gasteiger partial charge in [-0.05, 0) is 31.4 Å². The monoisotopic (exact) mass is 258 g/mol. The van der Waals surface area contributed by atoms with Crippen LogP contribution in [0.1, 0.15) is 38.4 Å². The molecule has 0 aliphatic rings. The van der Waals surface area contributed by atoms with Gasteiger partial charge >= 0.3 is 0 Å². The van der Waals surface area contributed by atoms with Crippen molar-refractivity contribution < 1.29 is 0 Å². The van der Waals surface area contributed by atoms with E-state index in [1.165, 1.54) is 28.6 Å². The third kappa shape index (κ3) is 2.69. The number of para-hydroxylation sites is 1. The van der Waals surface area contributed by atoms with Crippen LogP contribution in [-0.4, -0.2) is 10.6 Å². The molecule has 1 N–H and O–H groups in total. The maximum absolute atomic E-state index is 3.67. The van der Waals surface area contributed by atoms with Crippen LogP contribution in [0.15, 0.2) is 24.3 Å². The molecule has 19 heavy (non-hydrogen) atoms. The van der Waals surface area contributed by atoms with Crippen LogP contribution in [0.25, 0.3) is 10.9 Å². The van der Waals surface area contributed by atoms with Crippen LogP contribution >= 0.6 is 0 Å². The lowest BCUT2D eigenvalue weighted by molar-refractivity contribution is 0.386. The molecule has 2 aromatic rings. The van der Waals surface area contributed by atoms with Gasteiger partial charge in [-0.25, -0.2) is 0 Å². The van der Waals surface area contributed by atoms with Gasteiger partial charge in [0.2, 0.25) is 0 Å². The van der Waals surface area contributed by atoms with Gasteiger partial charge in [-0.1, -0.05) is 38.5 Å². The molecule has 104 valence electrons. The van der Waals surface area contributed by atoms with E-state index in [2.05, 4.69) is 68.9 Å². The second-order valence-corrected chi connectivity index (χ2v) is 5.70. The summed E-state index contributed by atoms with van der Waals surface area (Å²) in [5.41, 5.74) is 4.13. The Bertz CT molecular complexity index is 515. The zero-order valence-corrected chi connectivity index (χ0v) is 12.8. The Morgan fingerprint density at radius 1 is 1.21 bits per heavy atom. The summed E-state index contributed by atoms with van der Waals surface area (Å²) in [6.45, 7) is 10.0. The number of hydrogen-bond acceptors (Lipinski definition) is 1. The summed E-state index contributed by atoms with van der Waals surface area (Å²) in [5.74, 6) is 0.718. The molecule has 0 bridgehead atoms. The van der Waals surface area contributed by atoms with Crippen molar-refractivity contribution in [2.75, 3.05) is 0 Å². The molecular weight excluding hydrogens is 232 g/mol. The average Bonchev–Trinajstić information content (AvgIpc) is 2.68. The van der Waals surface area contributed by atoms with E-state index in [4.69, 9.17) is 0 Å². The van der Waals surface area contributed by atoms with Gasteiger partial charge in [0.1, 0.15) is 0 Å². The molecule has 0 saturated carbocycles. The molecule has 0 fully saturated rings. The molecule has 2 nitrogen and oxygen atoms in total. The van der Waals surface area contributed by atoms with Gasteiger partial charge in [0.15, 0.2) is 0 Å². The Morgan fingerprint density at radius 3 is 2.53 bits per heavy atom. The number of aryl methyl sites for hydroxylation is 2. The maximum atomic E-state index is 3.67. The second-order valence-electron chi connectivity index (χ2n) is 5.70. The number of nitrogens with one attached hydrogen (secondary N) is 1. The Balaban J connectivity index is 2.21.